The molecule has 5 aromatic rings. The Morgan fingerprint density at radius 2 is 0.831 bits per heavy atom. The van der Waals surface area contributed by atoms with Crippen molar-refractivity contribution >= 4 is 17.9 Å². The van der Waals surface area contributed by atoms with Gasteiger partial charge >= 0.3 is 17.9 Å². The molecule has 10 unspecified atom stereocenters. The molecule has 0 aliphatic carbocycles. The molecule has 2 aliphatic rings. The number of phenols is 12. The van der Waals surface area contributed by atoms with Crippen molar-refractivity contribution in [1.29, 1.82) is 0 Å². The van der Waals surface area contributed by atoms with E-state index in [1.807, 2.05) is 0 Å². The van der Waals surface area contributed by atoms with Gasteiger partial charge in [-0.2, -0.15) is 0 Å². The molecule has 0 radical (unpaired) electrons. The van der Waals surface area contributed by atoms with Crippen molar-refractivity contribution in [2.24, 2.45) is 0 Å². The van der Waals surface area contributed by atoms with E-state index in [-0.39, 0.29) is 11.1 Å². The van der Waals surface area contributed by atoms with E-state index in [9.17, 15) is 111 Å². The first-order chi connectivity index (χ1) is 36.3. The summed E-state index contributed by atoms with van der Waals surface area (Å²) in [5.74, 6) is -19.5. The molecular weight excluding hydrogens is 1040 g/mol. The minimum absolute atomic E-state index is 0.160. The van der Waals surface area contributed by atoms with Crippen molar-refractivity contribution in [3.8, 4) is 92.0 Å². The third kappa shape index (κ3) is 11.7. The first-order valence-corrected chi connectivity index (χ1v) is 22.0. The lowest BCUT2D eigenvalue weighted by atomic mass is 9.99. The molecule has 5 aromatic carbocycles. The third-order valence-electron chi connectivity index (χ3n) is 11.6. The van der Waals surface area contributed by atoms with Crippen molar-refractivity contribution in [3.05, 3.63) is 82.4 Å². The number of carbonyl (C=O) groups is 3. The number of hydrogen-bond donors (Lipinski definition) is 19. The van der Waals surface area contributed by atoms with Gasteiger partial charge in [0.05, 0.1) is 17.7 Å². The van der Waals surface area contributed by atoms with E-state index >= 15 is 0 Å². The molecule has 0 spiro atoms. The van der Waals surface area contributed by atoms with E-state index < -0.39 is 214 Å². The molecule has 30 nitrogen and oxygen atoms in total. The summed E-state index contributed by atoms with van der Waals surface area (Å²) >= 11 is 0. The highest BCUT2D eigenvalue weighted by Crippen LogP contribution is 2.50. The van der Waals surface area contributed by atoms with E-state index in [1.165, 1.54) is 0 Å². The van der Waals surface area contributed by atoms with Crippen LogP contribution in [-0.4, -0.2) is 190 Å². The first-order valence-electron chi connectivity index (χ1n) is 22.0. The normalized spacial score (nSPS) is 23.1. The van der Waals surface area contributed by atoms with E-state index in [4.69, 9.17) is 37.9 Å². The summed E-state index contributed by atoms with van der Waals surface area (Å²) in [7, 11) is 0. The highest BCUT2D eigenvalue weighted by atomic mass is 16.7. The molecule has 2 aliphatic heterocycles. The fourth-order valence-electron chi connectivity index (χ4n) is 7.47. The Balaban J connectivity index is 1.01. The summed E-state index contributed by atoms with van der Waals surface area (Å²) in [6.45, 7) is -3.26. The number of hydrogen-bond acceptors (Lipinski definition) is 30. The van der Waals surface area contributed by atoms with Crippen molar-refractivity contribution in [1.82, 2.24) is 0 Å². The smallest absolute Gasteiger partial charge is 0.342 e. The lowest BCUT2D eigenvalue weighted by Gasteiger charge is -2.40. The van der Waals surface area contributed by atoms with E-state index in [2.05, 4.69) is 0 Å². The molecule has 10 atom stereocenters. The Morgan fingerprint density at radius 1 is 0.416 bits per heavy atom. The number of phenolic OH excluding ortho intramolecular Hbond substituents is 12. The van der Waals surface area contributed by atoms with Crippen LogP contribution in [0.3, 0.4) is 0 Å². The maximum absolute atomic E-state index is 13.4. The summed E-state index contributed by atoms with van der Waals surface area (Å²) in [5.41, 5.74) is -2.28. The molecule has 0 saturated carbocycles. The van der Waals surface area contributed by atoms with Gasteiger partial charge in [-0.1, -0.05) is 0 Å². The van der Waals surface area contributed by atoms with Crippen LogP contribution in [0.1, 0.15) is 42.2 Å². The second-order valence-electron chi connectivity index (χ2n) is 16.9. The average molecular weight is 1090 g/mol. The van der Waals surface area contributed by atoms with Gasteiger partial charge < -0.3 is 135 Å². The zero-order valence-electron chi connectivity index (χ0n) is 38.8. The van der Waals surface area contributed by atoms with Gasteiger partial charge in [-0.25, -0.2) is 14.4 Å². The van der Waals surface area contributed by atoms with Crippen LogP contribution in [0.25, 0.3) is 0 Å². The van der Waals surface area contributed by atoms with Gasteiger partial charge in [0.2, 0.25) is 41.3 Å². The highest BCUT2D eigenvalue weighted by molar-refractivity contribution is 5.96. The van der Waals surface area contributed by atoms with Crippen LogP contribution in [0.15, 0.2) is 54.6 Å². The van der Waals surface area contributed by atoms with Gasteiger partial charge in [-0.15, -0.1) is 0 Å². The predicted molar refractivity (Wildman–Crippen MR) is 242 cm³/mol. The summed E-state index contributed by atoms with van der Waals surface area (Å²) in [4.78, 5) is 39.2. The van der Waals surface area contributed by atoms with Gasteiger partial charge in [-0.05, 0) is 59.7 Å². The fraction of sp³-hybridized carbons (Fsp3) is 0.298. The molecule has 414 valence electrons. The highest BCUT2D eigenvalue weighted by Gasteiger charge is 2.47. The zero-order chi connectivity index (χ0) is 56.5. The van der Waals surface area contributed by atoms with Crippen molar-refractivity contribution in [3.63, 3.8) is 0 Å². The van der Waals surface area contributed by atoms with Crippen LogP contribution >= 0.6 is 0 Å². The van der Waals surface area contributed by atoms with E-state index in [0.29, 0.717) is 18.2 Å². The van der Waals surface area contributed by atoms with Crippen LogP contribution in [0.2, 0.25) is 0 Å². The van der Waals surface area contributed by atoms with Crippen LogP contribution in [0.4, 0.5) is 0 Å². The largest absolute Gasteiger partial charge is 0.504 e. The minimum Gasteiger partial charge on any atom is -0.504 e. The number of aliphatic hydroxyl groups is 7. The third-order valence-corrected chi connectivity index (χ3v) is 11.6. The van der Waals surface area contributed by atoms with Crippen molar-refractivity contribution in [2.45, 2.75) is 74.6 Å². The molecule has 77 heavy (non-hydrogen) atoms. The van der Waals surface area contributed by atoms with E-state index in [0.717, 1.165) is 36.4 Å². The van der Waals surface area contributed by atoms with Crippen molar-refractivity contribution in [2.75, 3.05) is 13.2 Å². The molecule has 2 heterocycles. The quantitative estimate of drug-likeness (QED) is 0.0316. The Hall–Kier alpha value is -8.85. The SMILES string of the molecule is O=C(OCc1cc(O)c(OC2OC(COC(=O)c3cc(O)c(O)c(O)c3)C(O)C(O)C2O)c(O)c1)c1cc(O)c(O)c(Oc2c(C(=O)OCc3cc(O)c(OC4OC(CO)C(O)C(O)C4O)c(O)c3)cc(O)c(O)c2O)c1. The summed E-state index contributed by atoms with van der Waals surface area (Å²) < 4.78 is 42.2. The van der Waals surface area contributed by atoms with Gasteiger partial charge in [0.1, 0.15) is 74.2 Å². The molecule has 0 bridgehead atoms. The predicted octanol–water partition coefficient (Wildman–Crippen LogP) is -1.12. The molecule has 19 N–H and O–H groups in total. The Morgan fingerprint density at radius 3 is 1.32 bits per heavy atom. The van der Waals surface area contributed by atoms with Crippen LogP contribution in [-0.2, 0) is 36.9 Å². The standard InChI is InChI=1S/C47H46O30/c48-10-28-33(60)35(62)38(65)46(74-28)76-41-25(55)3-15(4-26(41)56)12-71-45(69)18-9-22(52)32(59)37(64)40(18)73-27-8-17(7-21(51)31(27)58)44(68)70-11-14-1-23(53)42(24(54)2-14)77-47-39(66)36(63)34(61)29(75-47)13-72-43(67)16-5-19(49)30(57)20(50)6-16/h1-9,28-29,33-36,38-39,46-66H,10-13H2. The summed E-state index contributed by atoms with van der Waals surface area (Å²) in [6, 6.07) is 6.97. The Labute approximate surface area is 428 Å². The second-order valence-corrected chi connectivity index (χ2v) is 16.9. The summed E-state index contributed by atoms with van der Waals surface area (Å²) in [5, 5.41) is 195. The number of benzene rings is 5. The van der Waals surface area contributed by atoms with Gasteiger partial charge in [0.15, 0.2) is 63.2 Å². The van der Waals surface area contributed by atoms with Gasteiger partial charge in [0.25, 0.3) is 0 Å². The van der Waals surface area contributed by atoms with Crippen molar-refractivity contribution < 1.29 is 149 Å². The van der Waals surface area contributed by atoms with Gasteiger partial charge in [0, 0.05) is 6.07 Å². The molecule has 30 heteroatoms. The number of aromatic hydroxyl groups is 12. The topological polar surface area (TPSA) is 509 Å². The molecule has 0 aromatic heterocycles. The van der Waals surface area contributed by atoms with Gasteiger partial charge in [-0.3, -0.25) is 0 Å². The second kappa shape index (κ2) is 22.6. The lowest BCUT2D eigenvalue weighted by Crippen LogP contribution is -2.60. The Kier molecular flexibility index (Phi) is 16.4. The monoisotopic (exact) mass is 1090 g/mol. The van der Waals surface area contributed by atoms with Crippen LogP contribution < -0.4 is 14.2 Å². The first kappa shape index (κ1) is 55.9. The number of ether oxygens (including phenoxy) is 8. The molecular formula is C47H46O30. The average Bonchev–Trinajstić information content (AvgIpc) is 3.39. The minimum atomic E-state index is -2.06. The lowest BCUT2D eigenvalue weighted by molar-refractivity contribution is -0.277. The molecule has 2 saturated heterocycles. The maximum Gasteiger partial charge on any atom is 0.342 e. The van der Waals surface area contributed by atoms with Crippen LogP contribution in [0.5, 0.6) is 92.0 Å². The fourth-order valence-corrected chi connectivity index (χ4v) is 7.47. The summed E-state index contributed by atoms with van der Waals surface area (Å²) in [6.07, 6.45) is -18.4. The molecule has 2 fully saturated rings. The molecule has 7 rings (SSSR count). The number of aliphatic hydroxyl groups excluding tert-OH is 7. The number of carbonyl (C=O) groups excluding carboxylic acids is 3. The zero-order valence-corrected chi connectivity index (χ0v) is 38.8. The number of rotatable bonds is 16. The maximum atomic E-state index is 13.4. The van der Waals surface area contributed by atoms with Crippen LogP contribution in [0, 0.1) is 0 Å². The number of esters is 3. The Bertz CT molecular complexity index is 2980. The molecule has 0 amide bonds. The van der Waals surface area contributed by atoms with E-state index in [1.54, 1.807) is 0 Å².